The number of hydrogen-bond acceptors (Lipinski definition) is 8. The summed E-state index contributed by atoms with van der Waals surface area (Å²) in [7, 11) is -3.68. The van der Waals surface area contributed by atoms with E-state index >= 15 is 0 Å². The molecule has 13 nitrogen and oxygen atoms in total. The summed E-state index contributed by atoms with van der Waals surface area (Å²) in [5.41, 5.74) is 4.67. The third-order valence-corrected chi connectivity index (χ3v) is 15.4. The number of nitrogens with one attached hydrogen (secondary N) is 3. The van der Waals surface area contributed by atoms with Gasteiger partial charge in [0.2, 0.25) is 27.6 Å². The van der Waals surface area contributed by atoms with Crippen LogP contribution in [-0.2, 0) is 35.7 Å². The van der Waals surface area contributed by atoms with E-state index < -0.39 is 63.2 Å². The van der Waals surface area contributed by atoms with Gasteiger partial charge >= 0.3 is 6.03 Å². The highest BCUT2D eigenvalue weighted by Crippen LogP contribution is 2.65. The topological polar surface area (TPSA) is 188 Å². The van der Waals surface area contributed by atoms with Gasteiger partial charge in [0.1, 0.15) is 12.1 Å². The minimum absolute atomic E-state index is 0.0710. The molecule has 282 valence electrons. The van der Waals surface area contributed by atoms with Crippen LogP contribution in [0.25, 0.3) is 0 Å². The summed E-state index contributed by atoms with van der Waals surface area (Å²) in [5.74, 6) is -2.71. The first-order valence-electron chi connectivity index (χ1n) is 18.5. The van der Waals surface area contributed by atoms with Crippen LogP contribution in [0.15, 0.2) is 16.3 Å². The van der Waals surface area contributed by atoms with Crippen molar-refractivity contribution in [2.45, 2.75) is 128 Å². The number of sulfonamides is 1. The Morgan fingerprint density at radius 2 is 1.69 bits per heavy atom. The second-order valence-electron chi connectivity index (χ2n) is 17.1. The molecule has 1 aromatic rings. The first kappa shape index (κ1) is 37.7. The fraction of sp³-hybridized carbons (Fsp3) is 0.750. The number of amides is 5. The molecule has 2 unspecified atom stereocenters. The van der Waals surface area contributed by atoms with Crippen molar-refractivity contribution >= 4 is 50.9 Å². The predicted molar refractivity (Wildman–Crippen MR) is 192 cm³/mol. The second kappa shape index (κ2) is 14.1. The van der Waals surface area contributed by atoms with Crippen molar-refractivity contribution in [3.05, 3.63) is 16.3 Å². The smallest absolute Gasteiger partial charge is 0.315 e. The van der Waals surface area contributed by atoms with E-state index in [-0.39, 0.29) is 48.1 Å². The number of carbonyl (C=O) groups is 5. The molecule has 1 saturated heterocycles. The van der Waals surface area contributed by atoms with Gasteiger partial charge in [0.05, 0.1) is 10.9 Å². The summed E-state index contributed by atoms with van der Waals surface area (Å²) in [4.78, 5) is 70.1. The number of ketones is 1. The van der Waals surface area contributed by atoms with E-state index in [1.165, 1.54) is 15.6 Å². The maximum Gasteiger partial charge on any atom is 0.315 e. The molecular weight excluding hydrogens is 693 g/mol. The predicted octanol–water partition coefficient (Wildman–Crippen LogP) is 3.13. The SMILES string of the molecule is CC(C)(C)[C@@H](CN1Cc2sccc2S1(=O)=O)NC(=O)N[C@H](C(=O)N1C[C@H]2C([C@H]1C(=O)NC(CC1CCC1)C(=O)C(N)=O)C2(C)C)C1CCCCC1. The second-order valence-corrected chi connectivity index (χ2v) is 20.0. The number of rotatable bonds is 12. The van der Waals surface area contributed by atoms with Gasteiger partial charge in [-0.2, -0.15) is 4.31 Å². The largest absolute Gasteiger partial charge is 0.363 e. The summed E-state index contributed by atoms with van der Waals surface area (Å²) in [6.45, 7) is 10.6. The fourth-order valence-corrected chi connectivity index (χ4v) is 11.8. The van der Waals surface area contributed by atoms with Gasteiger partial charge in [0.15, 0.2) is 0 Å². The Hall–Kier alpha value is -3.04. The van der Waals surface area contributed by atoms with Crippen molar-refractivity contribution in [3.8, 4) is 0 Å². The van der Waals surface area contributed by atoms with E-state index in [0.717, 1.165) is 56.2 Å². The van der Waals surface area contributed by atoms with E-state index in [1.54, 1.807) is 16.3 Å². The van der Waals surface area contributed by atoms with Crippen molar-refractivity contribution in [3.63, 3.8) is 0 Å². The summed E-state index contributed by atoms with van der Waals surface area (Å²) in [6.07, 6.45) is 7.56. The van der Waals surface area contributed by atoms with Crippen molar-refractivity contribution in [2.75, 3.05) is 13.1 Å². The van der Waals surface area contributed by atoms with Gasteiger partial charge in [-0.15, -0.1) is 11.3 Å². The van der Waals surface area contributed by atoms with Crippen molar-refractivity contribution in [1.82, 2.24) is 25.2 Å². The Balaban J connectivity index is 1.20. The number of nitrogens with zero attached hydrogens (tertiary/aromatic N) is 2. The average Bonchev–Trinajstić information content (AvgIpc) is 3.50. The number of thiophene rings is 1. The third-order valence-electron chi connectivity index (χ3n) is 12.5. The third kappa shape index (κ3) is 7.44. The molecule has 4 fully saturated rings. The number of likely N-dealkylation sites (tertiary alicyclic amines) is 1. The molecule has 1 aromatic heterocycles. The zero-order valence-corrected chi connectivity index (χ0v) is 32.0. The molecule has 51 heavy (non-hydrogen) atoms. The minimum atomic E-state index is -3.68. The van der Waals surface area contributed by atoms with E-state index in [0.29, 0.717) is 17.9 Å². The fourth-order valence-electron chi connectivity index (χ4n) is 8.86. The van der Waals surface area contributed by atoms with Crippen LogP contribution in [0, 0.1) is 34.5 Å². The number of piperidine rings is 1. The summed E-state index contributed by atoms with van der Waals surface area (Å²) in [6, 6.07) is -2.33. The highest BCUT2D eigenvalue weighted by atomic mass is 32.2. The standard InChI is InChI=1S/C36H54N6O7S2/c1-35(2,3)26(19-41-18-24-25(14-15-50-24)51(41,48)49)39-34(47)40-28(21-12-7-6-8-13-21)33(46)42-17-22-27(36(22,4)5)29(42)32(45)38-23(30(43)31(37)44)16-20-10-9-11-20/h14-15,20-23,26-29H,6-13,16-19H2,1-5H3,(H2,37,44)(H,38,45)(H2,39,40,47)/t22-,23?,26+,27?,28-,29-/m0/s1. The maximum atomic E-state index is 14.7. The molecule has 5 N–H and O–H groups in total. The van der Waals surface area contributed by atoms with Crippen molar-refractivity contribution in [1.29, 1.82) is 0 Å². The Morgan fingerprint density at radius 1 is 1.00 bits per heavy atom. The first-order chi connectivity index (χ1) is 23.9. The molecule has 5 amide bonds. The first-order valence-corrected chi connectivity index (χ1v) is 20.8. The maximum absolute atomic E-state index is 14.7. The van der Waals surface area contributed by atoms with Crippen LogP contribution in [-0.4, -0.2) is 84.4 Å². The van der Waals surface area contributed by atoms with Crippen molar-refractivity contribution in [2.24, 2.45) is 40.2 Å². The number of urea groups is 1. The van der Waals surface area contributed by atoms with Gasteiger partial charge in [0, 0.05) is 30.6 Å². The van der Waals surface area contributed by atoms with Crippen LogP contribution in [0.3, 0.4) is 0 Å². The van der Waals surface area contributed by atoms with Gasteiger partial charge in [-0.3, -0.25) is 19.2 Å². The monoisotopic (exact) mass is 746 g/mol. The lowest BCUT2D eigenvalue weighted by atomic mass is 9.80. The van der Waals surface area contributed by atoms with E-state index in [4.69, 9.17) is 5.73 Å². The van der Waals surface area contributed by atoms with E-state index in [2.05, 4.69) is 29.8 Å². The Morgan fingerprint density at radius 3 is 2.27 bits per heavy atom. The molecule has 0 aromatic carbocycles. The molecular formula is C36H54N6O7S2. The minimum Gasteiger partial charge on any atom is -0.363 e. The van der Waals surface area contributed by atoms with Crippen LogP contribution in [0.1, 0.15) is 97.3 Å². The van der Waals surface area contributed by atoms with Crippen molar-refractivity contribution < 1.29 is 32.4 Å². The van der Waals surface area contributed by atoms with Crippen LogP contribution in [0.5, 0.6) is 0 Å². The molecule has 6 atom stereocenters. The average molecular weight is 747 g/mol. The molecule has 0 spiro atoms. The normalized spacial score (nSPS) is 27.3. The van der Waals surface area contributed by atoms with Crippen LogP contribution in [0.4, 0.5) is 4.79 Å². The molecule has 0 bridgehead atoms. The van der Waals surface area contributed by atoms with Gasteiger partial charge in [-0.1, -0.05) is 73.1 Å². The highest BCUT2D eigenvalue weighted by Gasteiger charge is 2.69. The zero-order valence-electron chi connectivity index (χ0n) is 30.4. The lowest BCUT2D eigenvalue weighted by Crippen LogP contribution is -2.61. The van der Waals surface area contributed by atoms with Crippen LogP contribution in [0.2, 0.25) is 0 Å². The summed E-state index contributed by atoms with van der Waals surface area (Å²) < 4.78 is 27.9. The van der Waals surface area contributed by atoms with E-state index in [9.17, 15) is 32.4 Å². The summed E-state index contributed by atoms with van der Waals surface area (Å²) >= 11 is 1.39. The molecule has 3 heterocycles. The number of primary amides is 1. The molecule has 2 aliphatic heterocycles. The molecule has 15 heteroatoms. The quantitative estimate of drug-likeness (QED) is 0.237. The zero-order chi connectivity index (χ0) is 37.0. The van der Waals surface area contributed by atoms with Gasteiger partial charge in [0.25, 0.3) is 5.91 Å². The lowest BCUT2D eigenvalue weighted by Gasteiger charge is -2.38. The molecule has 5 aliphatic rings. The number of nitrogens with two attached hydrogens (primary N) is 1. The molecule has 0 radical (unpaired) electrons. The Kier molecular flexibility index (Phi) is 10.4. The van der Waals surface area contributed by atoms with Gasteiger partial charge in [-0.05, 0) is 65.2 Å². The highest BCUT2D eigenvalue weighted by molar-refractivity contribution is 7.89. The molecule has 3 aliphatic carbocycles. The number of fused-ring (bicyclic) bond motifs is 2. The number of hydrogen-bond donors (Lipinski definition) is 4. The molecule has 3 saturated carbocycles. The lowest BCUT2D eigenvalue weighted by molar-refractivity contribution is -0.144. The van der Waals surface area contributed by atoms with Crippen LogP contribution >= 0.6 is 11.3 Å². The van der Waals surface area contributed by atoms with Gasteiger partial charge in [-0.25, -0.2) is 13.2 Å². The van der Waals surface area contributed by atoms with E-state index in [1.807, 2.05) is 20.8 Å². The molecule has 6 rings (SSSR count). The number of carbonyl (C=O) groups excluding carboxylic acids is 5. The Bertz CT molecular complexity index is 1660. The number of Topliss-reactive ketones (excluding diaryl/α,β-unsaturated/α-hetero) is 1. The summed E-state index contributed by atoms with van der Waals surface area (Å²) in [5, 5.41) is 10.6. The Labute approximate surface area is 305 Å². The van der Waals surface area contributed by atoms with Gasteiger partial charge < -0.3 is 26.6 Å². The van der Waals surface area contributed by atoms with Crippen LogP contribution < -0.4 is 21.7 Å².